The van der Waals surface area contributed by atoms with Gasteiger partial charge in [0.05, 0.1) is 24.2 Å². The lowest BCUT2D eigenvalue weighted by atomic mass is 10.2. The highest BCUT2D eigenvalue weighted by atomic mass is 79.9. The molecule has 0 aliphatic rings. The van der Waals surface area contributed by atoms with Gasteiger partial charge >= 0.3 is 0 Å². The Bertz CT molecular complexity index is 661. The van der Waals surface area contributed by atoms with Gasteiger partial charge in [-0.05, 0) is 40.2 Å². The molecule has 0 atom stereocenters. The number of halogens is 1. The van der Waals surface area contributed by atoms with Gasteiger partial charge in [-0.25, -0.2) is 4.98 Å². The van der Waals surface area contributed by atoms with E-state index in [1.807, 2.05) is 47.2 Å². The number of benzene rings is 1. The minimum Gasteiger partial charge on any atom is -0.452 e. The molecule has 2 heterocycles. The normalized spacial score (nSPS) is 10.6. The maximum absolute atomic E-state index is 5.47. The van der Waals surface area contributed by atoms with E-state index in [0.717, 1.165) is 21.8 Å². The molecule has 4 nitrogen and oxygen atoms in total. The molecule has 0 fully saturated rings. The molecular formula is C14H12BrN3O. The molecule has 1 N–H and O–H groups in total. The van der Waals surface area contributed by atoms with E-state index in [4.69, 9.17) is 4.42 Å². The second-order valence-electron chi connectivity index (χ2n) is 4.05. The third-order valence-corrected chi connectivity index (χ3v) is 3.19. The standard InChI is InChI=1S/C14H12BrN3O/c15-14-6-5-11(19-14)9-17-12-3-1-2-4-13(12)18-8-7-16-10-18/h1-8,10,17H,9H2. The first-order chi connectivity index (χ1) is 9.33. The molecule has 0 radical (unpaired) electrons. The maximum atomic E-state index is 5.47. The van der Waals surface area contributed by atoms with Crippen molar-refractivity contribution in [2.45, 2.75) is 6.54 Å². The second-order valence-corrected chi connectivity index (χ2v) is 4.83. The minimum atomic E-state index is 0.636. The number of anilines is 1. The zero-order chi connectivity index (χ0) is 13.1. The summed E-state index contributed by atoms with van der Waals surface area (Å²) in [6.07, 6.45) is 5.47. The van der Waals surface area contributed by atoms with E-state index < -0.39 is 0 Å². The molecule has 1 aromatic carbocycles. The van der Waals surface area contributed by atoms with Crippen LogP contribution in [-0.4, -0.2) is 9.55 Å². The molecule has 0 aliphatic carbocycles. The van der Waals surface area contributed by atoms with E-state index in [2.05, 4.69) is 26.2 Å². The lowest BCUT2D eigenvalue weighted by Gasteiger charge is -2.11. The molecule has 0 bridgehead atoms. The zero-order valence-corrected chi connectivity index (χ0v) is 11.7. The number of hydrogen-bond donors (Lipinski definition) is 1. The predicted octanol–water partition coefficient (Wildman–Crippen LogP) is 3.84. The Morgan fingerprint density at radius 2 is 2.11 bits per heavy atom. The van der Waals surface area contributed by atoms with Gasteiger partial charge in [-0.3, -0.25) is 0 Å². The van der Waals surface area contributed by atoms with Crippen LogP contribution < -0.4 is 5.32 Å². The summed E-state index contributed by atoms with van der Waals surface area (Å²) in [5.74, 6) is 0.882. The van der Waals surface area contributed by atoms with Gasteiger partial charge in [0.2, 0.25) is 0 Å². The number of hydrogen-bond acceptors (Lipinski definition) is 3. The van der Waals surface area contributed by atoms with Gasteiger partial charge in [0, 0.05) is 12.4 Å². The molecule has 3 rings (SSSR count). The minimum absolute atomic E-state index is 0.636. The van der Waals surface area contributed by atoms with Crippen LogP contribution >= 0.6 is 15.9 Å². The molecule has 0 saturated carbocycles. The van der Waals surface area contributed by atoms with Crippen LogP contribution in [0.15, 0.2) is 64.2 Å². The third kappa shape index (κ3) is 2.71. The molecule has 0 amide bonds. The third-order valence-electron chi connectivity index (χ3n) is 2.77. The zero-order valence-electron chi connectivity index (χ0n) is 10.1. The van der Waals surface area contributed by atoms with Crippen LogP contribution in [0.5, 0.6) is 0 Å². The number of aromatic nitrogens is 2. The van der Waals surface area contributed by atoms with E-state index >= 15 is 0 Å². The Balaban J connectivity index is 1.81. The van der Waals surface area contributed by atoms with Crippen molar-refractivity contribution >= 4 is 21.6 Å². The number of nitrogens with zero attached hydrogens (tertiary/aromatic N) is 2. The number of imidazole rings is 1. The Hall–Kier alpha value is -2.01. The van der Waals surface area contributed by atoms with Crippen molar-refractivity contribution in [2.75, 3.05) is 5.32 Å². The first kappa shape index (κ1) is 12.0. The molecule has 0 saturated heterocycles. The van der Waals surface area contributed by atoms with Gasteiger partial charge in [0.15, 0.2) is 4.67 Å². The van der Waals surface area contributed by atoms with Crippen molar-refractivity contribution in [3.05, 3.63) is 65.5 Å². The fraction of sp³-hybridized carbons (Fsp3) is 0.0714. The van der Waals surface area contributed by atoms with Crippen molar-refractivity contribution in [2.24, 2.45) is 0 Å². The lowest BCUT2D eigenvalue weighted by molar-refractivity contribution is 0.495. The summed E-state index contributed by atoms with van der Waals surface area (Å²) in [4.78, 5) is 4.07. The largest absolute Gasteiger partial charge is 0.452 e. The van der Waals surface area contributed by atoms with Gasteiger partial charge in [0.1, 0.15) is 5.76 Å². The Kier molecular flexibility index (Phi) is 3.37. The van der Waals surface area contributed by atoms with E-state index in [1.54, 1.807) is 12.5 Å². The summed E-state index contributed by atoms with van der Waals surface area (Å²) in [6.45, 7) is 0.636. The summed E-state index contributed by atoms with van der Waals surface area (Å²) in [6, 6.07) is 11.9. The lowest BCUT2D eigenvalue weighted by Crippen LogP contribution is -2.02. The van der Waals surface area contributed by atoms with Crippen LogP contribution in [-0.2, 0) is 6.54 Å². The van der Waals surface area contributed by atoms with Crippen molar-refractivity contribution in [1.82, 2.24) is 9.55 Å². The highest BCUT2D eigenvalue weighted by Crippen LogP contribution is 2.21. The van der Waals surface area contributed by atoms with E-state index in [9.17, 15) is 0 Å². The summed E-state index contributed by atoms with van der Waals surface area (Å²) in [7, 11) is 0. The first-order valence-electron chi connectivity index (χ1n) is 5.88. The molecule has 5 heteroatoms. The Morgan fingerprint density at radius 1 is 1.21 bits per heavy atom. The monoisotopic (exact) mass is 317 g/mol. The fourth-order valence-corrected chi connectivity index (χ4v) is 2.22. The van der Waals surface area contributed by atoms with Gasteiger partial charge < -0.3 is 14.3 Å². The van der Waals surface area contributed by atoms with Gasteiger partial charge in [0.25, 0.3) is 0 Å². The quantitative estimate of drug-likeness (QED) is 0.795. The number of nitrogens with one attached hydrogen (secondary N) is 1. The molecule has 19 heavy (non-hydrogen) atoms. The van der Waals surface area contributed by atoms with Crippen LogP contribution in [0.3, 0.4) is 0 Å². The smallest absolute Gasteiger partial charge is 0.169 e. The molecule has 3 aromatic rings. The topological polar surface area (TPSA) is 43.0 Å². The highest BCUT2D eigenvalue weighted by molar-refractivity contribution is 9.10. The van der Waals surface area contributed by atoms with Crippen molar-refractivity contribution in [1.29, 1.82) is 0 Å². The molecule has 0 unspecified atom stereocenters. The van der Waals surface area contributed by atoms with Gasteiger partial charge in [-0.2, -0.15) is 0 Å². The van der Waals surface area contributed by atoms with E-state index in [-0.39, 0.29) is 0 Å². The molecule has 96 valence electrons. The molecule has 0 spiro atoms. The van der Waals surface area contributed by atoms with E-state index in [1.165, 1.54) is 0 Å². The maximum Gasteiger partial charge on any atom is 0.169 e. The first-order valence-corrected chi connectivity index (χ1v) is 6.68. The number of furan rings is 1. The predicted molar refractivity (Wildman–Crippen MR) is 77.3 cm³/mol. The summed E-state index contributed by atoms with van der Waals surface area (Å²) in [5, 5.41) is 3.37. The van der Waals surface area contributed by atoms with Crippen LogP contribution in [0, 0.1) is 0 Å². The SMILES string of the molecule is Brc1ccc(CNc2ccccc2-n2ccnc2)o1. The van der Waals surface area contributed by atoms with E-state index in [0.29, 0.717) is 6.54 Å². The average molecular weight is 318 g/mol. The van der Waals surface area contributed by atoms with Gasteiger partial charge in [-0.15, -0.1) is 0 Å². The Labute approximate surface area is 119 Å². The van der Waals surface area contributed by atoms with Crippen molar-refractivity contribution in [3.63, 3.8) is 0 Å². The summed E-state index contributed by atoms with van der Waals surface area (Å²) >= 11 is 3.30. The number of para-hydroxylation sites is 2. The van der Waals surface area contributed by atoms with Crippen molar-refractivity contribution in [3.8, 4) is 5.69 Å². The second kappa shape index (κ2) is 5.32. The van der Waals surface area contributed by atoms with Crippen molar-refractivity contribution < 1.29 is 4.42 Å². The molecular weight excluding hydrogens is 306 g/mol. The van der Waals surface area contributed by atoms with Crippen LogP contribution in [0.4, 0.5) is 5.69 Å². The van der Waals surface area contributed by atoms with Crippen LogP contribution in [0.1, 0.15) is 5.76 Å². The Morgan fingerprint density at radius 3 is 2.84 bits per heavy atom. The summed E-state index contributed by atoms with van der Waals surface area (Å²) < 4.78 is 8.19. The molecule has 2 aromatic heterocycles. The molecule has 0 aliphatic heterocycles. The average Bonchev–Trinajstić information content (AvgIpc) is 3.08. The highest BCUT2D eigenvalue weighted by Gasteiger charge is 2.04. The number of rotatable bonds is 4. The van der Waals surface area contributed by atoms with Gasteiger partial charge in [-0.1, -0.05) is 12.1 Å². The summed E-state index contributed by atoms with van der Waals surface area (Å²) in [5.41, 5.74) is 2.10. The van der Waals surface area contributed by atoms with Crippen LogP contribution in [0.25, 0.3) is 5.69 Å². The fourth-order valence-electron chi connectivity index (χ4n) is 1.88. The van der Waals surface area contributed by atoms with Crippen LogP contribution in [0.2, 0.25) is 0 Å².